The lowest BCUT2D eigenvalue weighted by Gasteiger charge is -2.15. The highest BCUT2D eigenvalue weighted by atomic mass is 15.2. The van der Waals surface area contributed by atoms with Gasteiger partial charge in [0.05, 0.1) is 5.69 Å². The van der Waals surface area contributed by atoms with Crippen LogP contribution >= 0.6 is 0 Å². The molecule has 0 spiro atoms. The molecule has 0 radical (unpaired) electrons. The van der Waals surface area contributed by atoms with Crippen LogP contribution in [0, 0.1) is 6.92 Å². The number of hydrogen-bond donors (Lipinski definition) is 1. The molecule has 0 aliphatic heterocycles. The standard InChI is InChI=1S/C8H14N4/c1-7-3-4-8(11-10-7)12(2)6-5-9/h3-4H,5-6,9H2,1-2H3. The third-order valence-corrected chi connectivity index (χ3v) is 1.64. The molecule has 0 atom stereocenters. The Balaban J connectivity index is 2.68. The lowest BCUT2D eigenvalue weighted by molar-refractivity contribution is 0.840. The maximum Gasteiger partial charge on any atom is 0.151 e. The minimum atomic E-state index is 0.631. The Bertz CT molecular complexity index is 231. The van der Waals surface area contributed by atoms with E-state index in [1.807, 2.05) is 31.0 Å². The zero-order valence-corrected chi connectivity index (χ0v) is 7.49. The van der Waals surface area contributed by atoms with Crippen LogP contribution in [0.5, 0.6) is 0 Å². The highest BCUT2D eigenvalue weighted by molar-refractivity contribution is 5.35. The van der Waals surface area contributed by atoms with E-state index in [0.29, 0.717) is 6.54 Å². The smallest absolute Gasteiger partial charge is 0.151 e. The van der Waals surface area contributed by atoms with Gasteiger partial charge in [-0.25, -0.2) is 0 Å². The third-order valence-electron chi connectivity index (χ3n) is 1.64. The highest BCUT2D eigenvalue weighted by Crippen LogP contribution is 2.05. The van der Waals surface area contributed by atoms with Crippen LogP contribution in [0.15, 0.2) is 12.1 Å². The highest BCUT2D eigenvalue weighted by Gasteiger charge is 1.99. The number of aryl methyl sites for hydroxylation is 1. The number of likely N-dealkylation sites (N-methyl/N-ethyl adjacent to an activating group) is 1. The number of nitrogens with two attached hydrogens (primary N) is 1. The van der Waals surface area contributed by atoms with Gasteiger partial charge in [-0.2, -0.15) is 5.10 Å². The van der Waals surface area contributed by atoms with Crippen molar-refractivity contribution in [1.29, 1.82) is 0 Å². The molecule has 4 nitrogen and oxygen atoms in total. The molecule has 2 N–H and O–H groups in total. The van der Waals surface area contributed by atoms with Crippen LogP contribution in [0.3, 0.4) is 0 Å². The van der Waals surface area contributed by atoms with E-state index in [0.717, 1.165) is 18.1 Å². The van der Waals surface area contributed by atoms with Gasteiger partial charge in [-0.05, 0) is 19.1 Å². The average Bonchev–Trinajstić information content (AvgIpc) is 2.06. The molecule has 1 aromatic rings. The molecule has 12 heavy (non-hydrogen) atoms. The van der Waals surface area contributed by atoms with Crippen LogP contribution in [-0.4, -0.2) is 30.3 Å². The van der Waals surface area contributed by atoms with E-state index >= 15 is 0 Å². The molecule has 1 heterocycles. The molecular weight excluding hydrogens is 152 g/mol. The van der Waals surface area contributed by atoms with Gasteiger partial charge in [-0.1, -0.05) is 0 Å². The summed E-state index contributed by atoms with van der Waals surface area (Å²) in [6.45, 7) is 3.35. The summed E-state index contributed by atoms with van der Waals surface area (Å²) in [5.41, 5.74) is 6.34. The number of rotatable bonds is 3. The summed E-state index contributed by atoms with van der Waals surface area (Å²) in [5, 5.41) is 7.97. The van der Waals surface area contributed by atoms with Crippen molar-refractivity contribution in [2.75, 3.05) is 25.0 Å². The molecule has 0 aromatic carbocycles. The second kappa shape index (κ2) is 4.01. The maximum atomic E-state index is 5.41. The Morgan fingerprint density at radius 1 is 1.42 bits per heavy atom. The van der Waals surface area contributed by atoms with Gasteiger partial charge < -0.3 is 10.6 Å². The number of aromatic nitrogens is 2. The fourth-order valence-electron chi connectivity index (χ4n) is 0.904. The Labute approximate surface area is 72.4 Å². The van der Waals surface area contributed by atoms with E-state index in [4.69, 9.17) is 5.73 Å². The third kappa shape index (κ3) is 2.17. The summed E-state index contributed by atoms with van der Waals surface area (Å²) in [6.07, 6.45) is 0. The second-order valence-electron chi connectivity index (χ2n) is 2.74. The first-order valence-corrected chi connectivity index (χ1v) is 3.95. The lowest BCUT2D eigenvalue weighted by Crippen LogP contribution is -2.25. The number of anilines is 1. The monoisotopic (exact) mass is 166 g/mol. The zero-order valence-electron chi connectivity index (χ0n) is 7.49. The van der Waals surface area contributed by atoms with Gasteiger partial charge in [0.15, 0.2) is 5.82 Å². The van der Waals surface area contributed by atoms with Crippen LogP contribution in [0.1, 0.15) is 5.69 Å². The predicted molar refractivity (Wildman–Crippen MR) is 49.1 cm³/mol. The van der Waals surface area contributed by atoms with Crippen molar-refractivity contribution in [2.45, 2.75) is 6.92 Å². The molecule has 0 aliphatic rings. The molecule has 4 heteroatoms. The van der Waals surface area contributed by atoms with Crippen LogP contribution < -0.4 is 10.6 Å². The second-order valence-corrected chi connectivity index (χ2v) is 2.74. The molecule has 0 bridgehead atoms. The Morgan fingerprint density at radius 3 is 2.67 bits per heavy atom. The Morgan fingerprint density at radius 2 is 2.17 bits per heavy atom. The maximum absolute atomic E-state index is 5.41. The SMILES string of the molecule is Cc1ccc(N(C)CCN)nn1. The molecule has 0 saturated carbocycles. The summed E-state index contributed by atoms with van der Waals surface area (Å²) < 4.78 is 0. The topological polar surface area (TPSA) is 55.0 Å². The molecule has 66 valence electrons. The molecule has 0 unspecified atom stereocenters. The molecule has 0 saturated heterocycles. The predicted octanol–water partition coefficient (Wildman–Crippen LogP) is 0.180. The van der Waals surface area contributed by atoms with Gasteiger partial charge in [0.1, 0.15) is 0 Å². The van der Waals surface area contributed by atoms with Gasteiger partial charge in [0.2, 0.25) is 0 Å². The van der Waals surface area contributed by atoms with Crippen molar-refractivity contribution in [1.82, 2.24) is 10.2 Å². The normalized spacial score (nSPS) is 9.92. The van der Waals surface area contributed by atoms with Gasteiger partial charge in [-0.15, -0.1) is 5.10 Å². The van der Waals surface area contributed by atoms with Crippen LogP contribution in [-0.2, 0) is 0 Å². The van der Waals surface area contributed by atoms with E-state index in [2.05, 4.69) is 10.2 Å². The molecule has 0 fully saturated rings. The van der Waals surface area contributed by atoms with Crippen LogP contribution in [0.2, 0.25) is 0 Å². The molecule has 1 aromatic heterocycles. The minimum absolute atomic E-state index is 0.631. The average molecular weight is 166 g/mol. The van der Waals surface area contributed by atoms with E-state index in [-0.39, 0.29) is 0 Å². The van der Waals surface area contributed by atoms with Crippen molar-refractivity contribution in [3.8, 4) is 0 Å². The Kier molecular flexibility index (Phi) is 2.99. The summed E-state index contributed by atoms with van der Waals surface area (Å²) in [6, 6.07) is 3.88. The zero-order chi connectivity index (χ0) is 8.97. The van der Waals surface area contributed by atoms with Crippen molar-refractivity contribution in [3.05, 3.63) is 17.8 Å². The summed E-state index contributed by atoms with van der Waals surface area (Å²) in [7, 11) is 1.95. The molecule has 1 rings (SSSR count). The van der Waals surface area contributed by atoms with E-state index in [1.54, 1.807) is 0 Å². The quantitative estimate of drug-likeness (QED) is 0.696. The van der Waals surface area contributed by atoms with E-state index < -0.39 is 0 Å². The Hall–Kier alpha value is -1.16. The van der Waals surface area contributed by atoms with Crippen molar-refractivity contribution >= 4 is 5.82 Å². The van der Waals surface area contributed by atoms with Gasteiger partial charge >= 0.3 is 0 Å². The fraction of sp³-hybridized carbons (Fsp3) is 0.500. The first-order chi connectivity index (χ1) is 5.74. The number of nitrogens with zero attached hydrogens (tertiary/aromatic N) is 3. The molecule has 0 amide bonds. The van der Waals surface area contributed by atoms with Crippen molar-refractivity contribution in [3.63, 3.8) is 0 Å². The van der Waals surface area contributed by atoms with E-state index in [9.17, 15) is 0 Å². The van der Waals surface area contributed by atoms with Gasteiger partial charge in [-0.3, -0.25) is 0 Å². The van der Waals surface area contributed by atoms with E-state index in [1.165, 1.54) is 0 Å². The summed E-state index contributed by atoms with van der Waals surface area (Å²) in [4.78, 5) is 1.98. The number of hydrogen-bond acceptors (Lipinski definition) is 4. The first-order valence-electron chi connectivity index (χ1n) is 3.95. The summed E-state index contributed by atoms with van der Waals surface area (Å²) >= 11 is 0. The first kappa shape index (κ1) is 8.93. The minimum Gasteiger partial charge on any atom is -0.357 e. The van der Waals surface area contributed by atoms with Crippen LogP contribution in [0.4, 0.5) is 5.82 Å². The van der Waals surface area contributed by atoms with Crippen molar-refractivity contribution < 1.29 is 0 Å². The largest absolute Gasteiger partial charge is 0.357 e. The van der Waals surface area contributed by atoms with Crippen molar-refractivity contribution in [2.24, 2.45) is 5.73 Å². The lowest BCUT2D eigenvalue weighted by atomic mass is 10.4. The summed E-state index contributed by atoms with van der Waals surface area (Å²) in [5.74, 6) is 0.867. The van der Waals surface area contributed by atoms with Crippen LogP contribution in [0.25, 0.3) is 0 Å². The van der Waals surface area contributed by atoms with Gasteiger partial charge in [0, 0.05) is 20.1 Å². The molecule has 0 aliphatic carbocycles. The fourth-order valence-corrected chi connectivity index (χ4v) is 0.904. The molecular formula is C8H14N4. The van der Waals surface area contributed by atoms with Gasteiger partial charge in [0.25, 0.3) is 0 Å².